The van der Waals surface area contributed by atoms with Gasteiger partial charge in [-0.15, -0.1) is 0 Å². The van der Waals surface area contributed by atoms with Crippen LogP contribution in [0.25, 0.3) is 0 Å². The Hall–Kier alpha value is 0.190. The van der Waals surface area contributed by atoms with E-state index in [1.54, 1.807) is 6.42 Å². The first-order valence-electron chi connectivity index (χ1n) is 24.7. The summed E-state index contributed by atoms with van der Waals surface area (Å²) in [4.78, 5) is 3.36. The number of thioether (sulfide) groups is 1. The molecule has 53 heavy (non-hydrogen) atoms. The van der Waals surface area contributed by atoms with Crippen LogP contribution in [-0.4, -0.2) is 70.1 Å². The van der Waals surface area contributed by atoms with Crippen LogP contribution < -0.4 is 0 Å². The summed E-state index contributed by atoms with van der Waals surface area (Å²) in [5.41, 5.74) is 0. The van der Waals surface area contributed by atoms with Crippen LogP contribution in [0.3, 0.4) is 0 Å². The smallest absolute Gasteiger partial charge is 0.0766 e. The molecule has 12 aliphatic rings. The zero-order valence-electron chi connectivity index (χ0n) is 33.3. The molecule has 5 heteroatoms. The van der Waals surface area contributed by atoms with Crippen LogP contribution in [0.15, 0.2) is 0 Å². The molecule has 0 amide bonds. The Balaban J connectivity index is 0.792. The van der Waals surface area contributed by atoms with Gasteiger partial charge < -0.3 is 14.2 Å². The molecule has 0 aromatic rings. The van der Waals surface area contributed by atoms with E-state index in [-0.39, 0.29) is 0 Å². The van der Waals surface area contributed by atoms with Gasteiger partial charge in [0, 0.05) is 34.5 Å². The molecule has 0 aromatic carbocycles. The third kappa shape index (κ3) is 5.83. The molecule has 4 nitrogen and oxygen atoms in total. The van der Waals surface area contributed by atoms with Crippen molar-refractivity contribution >= 4 is 11.8 Å². The Morgan fingerprint density at radius 2 is 0.981 bits per heavy atom. The van der Waals surface area contributed by atoms with Crippen LogP contribution in [0.5, 0.6) is 0 Å². The molecule has 0 aromatic heterocycles. The lowest BCUT2D eigenvalue weighted by atomic mass is 9.62. The van der Waals surface area contributed by atoms with E-state index in [1.807, 2.05) is 0 Å². The van der Waals surface area contributed by atoms with Crippen molar-refractivity contribution in [2.45, 2.75) is 239 Å². The maximum Gasteiger partial charge on any atom is 0.0766 e. The summed E-state index contributed by atoms with van der Waals surface area (Å²) in [6.45, 7) is 0. The largest absolute Gasteiger partial charge is 0.374 e. The molecule has 4 heterocycles. The topological polar surface area (TPSA) is 30.9 Å². The zero-order chi connectivity index (χ0) is 34.6. The van der Waals surface area contributed by atoms with Gasteiger partial charge in [0.1, 0.15) is 0 Å². The summed E-state index contributed by atoms with van der Waals surface area (Å²) in [5.74, 6) is 8.69. The fraction of sp³-hybridized carbons (Fsp3) is 1.00. The van der Waals surface area contributed by atoms with Crippen molar-refractivity contribution in [3.63, 3.8) is 0 Å². The standard InChI is InChI=1S/C48H75NO3S/c1-4-19-40-31(10-1)33-15-8-17-38(46(33)51-40)49(39-18-9-16-36-32-11-3-6-21-43(32)53-48(36)39)29-24-22-28(23-25-29)30-13-7-14-34-35-26-27-42-44(47(35)52-45(30)34)37-12-2-5-20-41(37)50-42/h28-48H,1-27H2. The van der Waals surface area contributed by atoms with Gasteiger partial charge >= 0.3 is 0 Å². The summed E-state index contributed by atoms with van der Waals surface area (Å²) in [6, 6.07) is 2.30. The van der Waals surface area contributed by atoms with E-state index in [9.17, 15) is 0 Å². The minimum atomic E-state index is 0.512. The second-order valence-electron chi connectivity index (χ2n) is 21.8. The van der Waals surface area contributed by atoms with E-state index < -0.39 is 0 Å². The first-order chi connectivity index (χ1) is 26.3. The molecular formula is C48H75NO3S. The van der Waals surface area contributed by atoms with Gasteiger partial charge in [-0.3, -0.25) is 4.90 Å². The molecule has 19 atom stereocenters. The Kier molecular flexibility index (Phi) is 9.61. The van der Waals surface area contributed by atoms with Gasteiger partial charge in [0.05, 0.1) is 36.6 Å². The van der Waals surface area contributed by atoms with Crippen molar-refractivity contribution in [3.8, 4) is 0 Å². The quantitative estimate of drug-likeness (QED) is 0.286. The third-order valence-corrected chi connectivity index (χ3v) is 21.8. The molecule has 19 unspecified atom stereocenters. The number of nitrogens with zero attached hydrogens (tertiary/aromatic N) is 1. The number of rotatable bonds is 4. The molecule has 12 fully saturated rings. The average Bonchev–Trinajstić information content (AvgIpc) is 3.98. The van der Waals surface area contributed by atoms with Gasteiger partial charge in [0.25, 0.3) is 0 Å². The molecule has 12 rings (SSSR count). The fourth-order valence-corrected chi connectivity index (χ4v) is 20.2. The summed E-state index contributed by atoms with van der Waals surface area (Å²) >= 11 is 2.54. The van der Waals surface area contributed by atoms with E-state index in [4.69, 9.17) is 14.2 Å². The lowest BCUT2D eigenvalue weighted by molar-refractivity contribution is -0.0964. The van der Waals surface area contributed by atoms with Gasteiger partial charge in [-0.05, 0) is 169 Å². The summed E-state index contributed by atoms with van der Waals surface area (Å²) < 4.78 is 21.7. The highest BCUT2D eigenvalue weighted by Crippen LogP contribution is 2.60. The van der Waals surface area contributed by atoms with E-state index in [0.717, 1.165) is 75.8 Å². The minimum Gasteiger partial charge on any atom is -0.374 e. The fourth-order valence-electron chi connectivity index (χ4n) is 18.0. The van der Waals surface area contributed by atoms with E-state index >= 15 is 0 Å². The second kappa shape index (κ2) is 14.5. The van der Waals surface area contributed by atoms with Gasteiger partial charge in [0.2, 0.25) is 0 Å². The van der Waals surface area contributed by atoms with Gasteiger partial charge in [-0.2, -0.15) is 11.8 Å². The monoisotopic (exact) mass is 746 g/mol. The van der Waals surface area contributed by atoms with Crippen LogP contribution in [0.1, 0.15) is 173 Å². The SMILES string of the molecule is C1CCC2C(C1)OC1C2CCCC1N(C1CCC(C2CCCC3C4CCC5OC6CCCCC6C5C4OC23)CC1)C1CCCC2C3CCCCC3SC21. The second-order valence-corrected chi connectivity index (χ2v) is 23.2. The minimum absolute atomic E-state index is 0.512. The van der Waals surface area contributed by atoms with Crippen LogP contribution in [0.2, 0.25) is 0 Å². The number of hydrogen-bond acceptors (Lipinski definition) is 5. The van der Waals surface area contributed by atoms with E-state index in [2.05, 4.69) is 16.7 Å². The van der Waals surface area contributed by atoms with Crippen molar-refractivity contribution in [2.24, 2.45) is 59.2 Å². The van der Waals surface area contributed by atoms with Crippen LogP contribution in [0, 0.1) is 59.2 Å². The summed E-state index contributed by atoms with van der Waals surface area (Å²) in [6.07, 6.45) is 42.4. The highest BCUT2D eigenvalue weighted by atomic mass is 32.2. The molecular weight excluding hydrogens is 671 g/mol. The molecule has 8 aliphatic carbocycles. The van der Waals surface area contributed by atoms with Crippen molar-refractivity contribution in [1.82, 2.24) is 4.90 Å². The summed E-state index contributed by atoms with van der Waals surface area (Å²) in [7, 11) is 0. The molecule has 296 valence electrons. The van der Waals surface area contributed by atoms with Gasteiger partial charge in [0.15, 0.2) is 0 Å². The predicted octanol–water partition coefficient (Wildman–Crippen LogP) is 11.0. The maximum absolute atomic E-state index is 7.54. The Bertz CT molecular complexity index is 1260. The highest BCUT2D eigenvalue weighted by molar-refractivity contribution is 8.00. The third-order valence-electron chi connectivity index (χ3n) is 19.9. The molecule has 0 bridgehead atoms. The van der Waals surface area contributed by atoms with Crippen LogP contribution >= 0.6 is 11.8 Å². The first kappa shape index (κ1) is 35.2. The Labute approximate surface area is 327 Å². The van der Waals surface area contributed by atoms with Crippen molar-refractivity contribution < 1.29 is 14.2 Å². The zero-order valence-corrected chi connectivity index (χ0v) is 34.1. The lowest BCUT2D eigenvalue weighted by Crippen LogP contribution is -2.61. The normalized spacial score (nSPS) is 57.3. The van der Waals surface area contributed by atoms with Gasteiger partial charge in [-0.25, -0.2) is 0 Å². The van der Waals surface area contributed by atoms with Crippen LogP contribution in [0.4, 0.5) is 0 Å². The maximum atomic E-state index is 7.54. The predicted molar refractivity (Wildman–Crippen MR) is 214 cm³/mol. The molecule has 0 radical (unpaired) electrons. The van der Waals surface area contributed by atoms with Crippen molar-refractivity contribution in [2.75, 3.05) is 0 Å². The van der Waals surface area contributed by atoms with Crippen molar-refractivity contribution in [1.29, 1.82) is 0 Å². The van der Waals surface area contributed by atoms with E-state index in [0.29, 0.717) is 48.6 Å². The lowest BCUT2D eigenvalue weighted by Gasteiger charge is -2.54. The van der Waals surface area contributed by atoms with Crippen LogP contribution in [-0.2, 0) is 14.2 Å². The molecule has 4 saturated heterocycles. The molecule has 4 aliphatic heterocycles. The first-order valence-corrected chi connectivity index (χ1v) is 25.6. The number of hydrogen-bond donors (Lipinski definition) is 0. The average molecular weight is 746 g/mol. The van der Waals surface area contributed by atoms with E-state index in [1.165, 1.54) is 167 Å². The highest BCUT2D eigenvalue weighted by Gasteiger charge is 2.61. The molecule has 0 spiro atoms. The summed E-state index contributed by atoms with van der Waals surface area (Å²) in [5, 5.41) is 1.88. The van der Waals surface area contributed by atoms with Crippen molar-refractivity contribution in [3.05, 3.63) is 0 Å². The number of fused-ring (bicyclic) bond motifs is 13. The van der Waals surface area contributed by atoms with Gasteiger partial charge in [-0.1, -0.05) is 57.8 Å². The Morgan fingerprint density at radius 3 is 1.83 bits per heavy atom. The molecule has 0 N–H and O–H groups in total. The molecule has 8 saturated carbocycles. The Morgan fingerprint density at radius 1 is 0.358 bits per heavy atom. The number of ether oxygens (including phenoxy) is 3.